The van der Waals surface area contributed by atoms with Gasteiger partial charge in [0, 0.05) is 18.9 Å². The molecule has 1 heterocycles. The summed E-state index contributed by atoms with van der Waals surface area (Å²) in [6, 6.07) is 45.4. The first-order valence-electron chi connectivity index (χ1n) is 19.1. The van der Waals surface area contributed by atoms with Gasteiger partial charge >= 0.3 is 12.1 Å². The van der Waals surface area contributed by atoms with Gasteiger partial charge in [-0.15, -0.1) is 11.8 Å². The Morgan fingerprint density at radius 2 is 1.28 bits per heavy atom. The molecule has 11 heteroatoms. The van der Waals surface area contributed by atoms with Crippen LogP contribution in [-0.4, -0.2) is 70.6 Å². The van der Waals surface area contributed by atoms with Crippen molar-refractivity contribution < 1.29 is 29.0 Å². The summed E-state index contributed by atoms with van der Waals surface area (Å²) in [5.41, 5.74) is 13.0. The monoisotopic (exact) mass is 801 g/mol. The highest BCUT2D eigenvalue weighted by Gasteiger charge is 2.38. The van der Waals surface area contributed by atoms with Crippen molar-refractivity contribution in [2.24, 2.45) is 5.73 Å². The number of carboxylic acids is 1. The van der Waals surface area contributed by atoms with E-state index in [1.165, 1.54) is 0 Å². The number of carbonyl (C=O) groups is 4. The molecule has 0 saturated carbocycles. The van der Waals surface area contributed by atoms with E-state index in [1.807, 2.05) is 78.9 Å². The molecule has 1 fully saturated rings. The molecule has 3 amide bonds. The fraction of sp³-hybridized carbons (Fsp3) is 0.261. The number of aliphatic carboxylic acids is 1. The van der Waals surface area contributed by atoms with E-state index >= 15 is 0 Å². The molecule has 294 valence electrons. The fourth-order valence-corrected chi connectivity index (χ4v) is 9.52. The Kier molecular flexibility index (Phi) is 14.1. The molecule has 0 bridgehead atoms. The summed E-state index contributed by atoms with van der Waals surface area (Å²) in [5, 5.41) is 12.7. The van der Waals surface area contributed by atoms with Crippen LogP contribution in [-0.2, 0) is 23.9 Å². The van der Waals surface area contributed by atoms with Crippen molar-refractivity contribution in [1.29, 1.82) is 0 Å². The first-order valence-corrected chi connectivity index (χ1v) is 20.7. The number of fused-ring (bicyclic) bond motifs is 3. The van der Waals surface area contributed by atoms with Crippen molar-refractivity contribution >= 4 is 48.3 Å². The molecule has 0 radical (unpaired) electrons. The zero-order valence-electron chi connectivity index (χ0n) is 31.5. The maximum Gasteiger partial charge on any atom is 0.407 e. The number of nitrogens with zero attached hydrogens (tertiary/aromatic N) is 1. The average Bonchev–Trinajstić information content (AvgIpc) is 3.81. The number of primary amides is 1. The second-order valence-corrected chi connectivity index (χ2v) is 15.7. The Morgan fingerprint density at radius 3 is 1.72 bits per heavy atom. The second kappa shape index (κ2) is 19.6. The maximum absolute atomic E-state index is 13.0. The van der Waals surface area contributed by atoms with E-state index in [0.29, 0.717) is 30.9 Å². The number of rotatable bonds is 15. The van der Waals surface area contributed by atoms with Gasteiger partial charge in [0.05, 0.1) is 4.75 Å². The lowest BCUT2D eigenvalue weighted by molar-refractivity contribution is -0.139. The summed E-state index contributed by atoms with van der Waals surface area (Å²) in [6.07, 6.45) is 1.40. The number of hydrogen-bond donors (Lipinski definition) is 4. The molecule has 0 spiro atoms. The molecule has 1 saturated heterocycles. The van der Waals surface area contributed by atoms with Crippen LogP contribution < -0.4 is 11.1 Å². The molecule has 2 atom stereocenters. The van der Waals surface area contributed by atoms with E-state index in [4.69, 9.17) is 10.5 Å². The topological polar surface area (TPSA) is 139 Å². The largest absolute Gasteiger partial charge is 0.480 e. The third kappa shape index (κ3) is 9.55. The molecular weight excluding hydrogens is 755 g/mol. The first-order chi connectivity index (χ1) is 27.7. The van der Waals surface area contributed by atoms with Crippen LogP contribution in [0.1, 0.15) is 59.4 Å². The number of ether oxygens (including phenoxy) is 1. The molecule has 1 aliphatic carbocycles. The van der Waals surface area contributed by atoms with Crippen LogP contribution in [0.3, 0.4) is 0 Å². The fourth-order valence-electron chi connectivity index (χ4n) is 7.71. The van der Waals surface area contributed by atoms with Gasteiger partial charge in [-0.25, -0.2) is 9.59 Å². The van der Waals surface area contributed by atoms with Crippen LogP contribution >= 0.6 is 24.4 Å². The zero-order valence-corrected chi connectivity index (χ0v) is 33.2. The number of carbonyl (C=O) groups excluding carboxylic acids is 3. The molecule has 57 heavy (non-hydrogen) atoms. The molecule has 4 N–H and O–H groups in total. The molecule has 5 aromatic rings. The number of nitrogens with one attached hydrogen (secondary N) is 1. The van der Waals surface area contributed by atoms with E-state index in [9.17, 15) is 24.3 Å². The van der Waals surface area contributed by atoms with Crippen LogP contribution in [0, 0.1) is 0 Å². The minimum atomic E-state index is -1.10. The number of likely N-dealkylation sites (tertiary alicyclic amines) is 1. The lowest BCUT2D eigenvalue weighted by Gasteiger charge is -2.35. The minimum Gasteiger partial charge on any atom is -0.480 e. The lowest BCUT2D eigenvalue weighted by atomic mass is 9.84. The van der Waals surface area contributed by atoms with Gasteiger partial charge in [0.1, 0.15) is 18.7 Å². The van der Waals surface area contributed by atoms with E-state index in [2.05, 4.69) is 78.6 Å². The predicted molar refractivity (Wildman–Crippen MR) is 228 cm³/mol. The smallest absolute Gasteiger partial charge is 0.407 e. The Hall–Kier alpha value is -5.52. The Bertz CT molecular complexity index is 1990. The van der Waals surface area contributed by atoms with Gasteiger partial charge in [-0.05, 0) is 69.7 Å². The number of hydrogen-bond acceptors (Lipinski definition) is 7. The molecule has 9 nitrogen and oxygen atoms in total. The van der Waals surface area contributed by atoms with Gasteiger partial charge in [0.25, 0.3) is 0 Å². The molecule has 7 rings (SSSR count). The lowest BCUT2D eigenvalue weighted by Crippen LogP contribution is -2.45. The summed E-state index contributed by atoms with van der Waals surface area (Å²) in [7, 11) is 0. The maximum atomic E-state index is 13.0. The van der Waals surface area contributed by atoms with Crippen LogP contribution in [0.15, 0.2) is 140 Å². The molecule has 5 aromatic carbocycles. The quantitative estimate of drug-likeness (QED) is 0.0625. The van der Waals surface area contributed by atoms with Gasteiger partial charge in [0.15, 0.2) is 0 Å². The van der Waals surface area contributed by atoms with Crippen LogP contribution in [0.5, 0.6) is 0 Å². The molecule has 1 unspecified atom stereocenters. The highest BCUT2D eigenvalue weighted by molar-refractivity contribution is 8.00. The van der Waals surface area contributed by atoms with Crippen molar-refractivity contribution in [3.05, 3.63) is 167 Å². The second-order valence-electron chi connectivity index (χ2n) is 13.9. The van der Waals surface area contributed by atoms with Crippen molar-refractivity contribution in [2.45, 2.75) is 48.4 Å². The number of thiol groups is 1. The predicted octanol–water partition coefficient (Wildman–Crippen LogP) is 7.88. The third-order valence-electron chi connectivity index (χ3n) is 10.4. The van der Waals surface area contributed by atoms with Gasteiger partial charge < -0.3 is 25.8 Å². The summed E-state index contributed by atoms with van der Waals surface area (Å²) in [4.78, 5) is 49.1. The summed E-state index contributed by atoms with van der Waals surface area (Å²) < 4.78 is 5.08. The number of nitrogens with two attached hydrogens (primary N) is 1. The van der Waals surface area contributed by atoms with Crippen molar-refractivity contribution in [1.82, 2.24) is 10.2 Å². The standard InChI is InChI=1S/C38H33NO4S.C8H14N2O2S/c40-36(41)35(39-37(42)43-26-34-32-22-12-10-20-30(32)31-21-11-13-23-33(31)34)24-25-44-38(27-14-4-1-5-15-27,28-16-6-2-7-17-28)29-18-8-3-9-19-29;9-8(12)6(3-5-13)10-4-1-2-7(10)11/h1-23,34-35H,24-26H2,(H,39,42)(H,40,41);6,13H,1-5H2,(H2,9,12)/t35-;/m1./s1. The highest BCUT2D eigenvalue weighted by Crippen LogP contribution is 2.49. The van der Waals surface area contributed by atoms with Gasteiger partial charge in [0.2, 0.25) is 11.8 Å². The van der Waals surface area contributed by atoms with E-state index in [1.54, 1.807) is 16.7 Å². The van der Waals surface area contributed by atoms with Crippen molar-refractivity contribution in [3.63, 3.8) is 0 Å². The normalized spacial score (nSPS) is 14.4. The van der Waals surface area contributed by atoms with Crippen LogP contribution in [0.25, 0.3) is 11.1 Å². The summed E-state index contributed by atoms with van der Waals surface area (Å²) in [5.74, 6) is -0.551. The first kappa shape index (κ1) is 41.1. The number of alkyl carbamates (subject to hydrolysis) is 1. The number of amides is 3. The number of carboxylic acid groups (broad SMARTS) is 1. The van der Waals surface area contributed by atoms with Crippen LogP contribution in [0.4, 0.5) is 4.79 Å². The van der Waals surface area contributed by atoms with Crippen molar-refractivity contribution in [2.75, 3.05) is 24.7 Å². The van der Waals surface area contributed by atoms with Crippen molar-refractivity contribution in [3.8, 4) is 11.1 Å². The number of thioether (sulfide) groups is 1. The van der Waals surface area contributed by atoms with E-state index in [-0.39, 0.29) is 24.9 Å². The summed E-state index contributed by atoms with van der Waals surface area (Å²) in [6.45, 7) is 0.778. The van der Waals surface area contributed by atoms with Crippen LogP contribution in [0.2, 0.25) is 0 Å². The van der Waals surface area contributed by atoms with Gasteiger partial charge in [-0.2, -0.15) is 12.6 Å². The number of benzene rings is 5. The zero-order chi connectivity index (χ0) is 40.2. The molecule has 2 aliphatic rings. The summed E-state index contributed by atoms with van der Waals surface area (Å²) >= 11 is 5.69. The molecule has 1 aliphatic heterocycles. The molecule has 0 aromatic heterocycles. The highest BCUT2D eigenvalue weighted by atomic mass is 32.2. The average molecular weight is 802 g/mol. The Balaban J connectivity index is 0.000000360. The molecular formula is C46H47N3O6S2. The van der Waals surface area contributed by atoms with Gasteiger partial charge in [-0.3, -0.25) is 9.59 Å². The Morgan fingerprint density at radius 1 is 0.789 bits per heavy atom. The van der Waals surface area contributed by atoms with Gasteiger partial charge in [-0.1, -0.05) is 140 Å². The Labute approximate surface area is 343 Å². The van der Waals surface area contributed by atoms with E-state index in [0.717, 1.165) is 45.4 Å². The third-order valence-corrected chi connectivity index (χ3v) is 12.3. The SMILES string of the molecule is NC(=O)C(CCS)N1CCCC1=O.O=C(N[C@H](CCSC(c1ccccc1)(c1ccccc1)c1ccccc1)C(=O)O)OCC1c2ccccc2-c2ccccc21. The van der Waals surface area contributed by atoms with E-state index < -0.39 is 34.8 Å². The minimum absolute atomic E-state index is 0.0329.